The van der Waals surface area contributed by atoms with Gasteiger partial charge in [-0.1, -0.05) is 48.5 Å². The van der Waals surface area contributed by atoms with Crippen LogP contribution in [0.25, 0.3) is 10.8 Å². The number of amides is 1. The average Bonchev–Trinajstić information content (AvgIpc) is 2.77. The minimum atomic E-state index is -1.04. The van der Waals surface area contributed by atoms with Crippen LogP contribution in [0.15, 0.2) is 66.7 Å². The number of hydrogen-bond donors (Lipinski definition) is 2. The van der Waals surface area contributed by atoms with Gasteiger partial charge >= 0.3 is 5.97 Å². The lowest BCUT2D eigenvalue weighted by Gasteiger charge is -2.38. The number of ether oxygens (including phenoxy) is 1. The molecular weight excluding hydrogens is 382 g/mol. The molecule has 30 heavy (non-hydrogen) atoms. The van der Waals surface area contributed by atoms with Gasteiger partial charge in [-0.25, -0.2) is 4.79 Å². The number of piperidine rings is 1. The van der Waals surface area contributed by atoms with E-state index < -0.39 is 18.2 Å². The third kappa shape index (κ3) is 4.00. The van der Waals surface area contributed by atoms with E-state index in [-0.39, 0.29) is 5.91 Å². The summed E-state index contributed by atoms with van der Waals surface area (Å²) in [5.74, 6) is -0.625. The number of carbonyl (C=O) groups excluding carboxylic acids is 1. The van der Waals surface area contributed by atoms with E-state index in [1.54, 1.807) is 29.2 Å². The molecule has 0 radical (unpaired) electrons. The Morgan fingerprint density at radius 1 is 0.933 bits per heavy atom. The number of rotatable bonds is 5. The highest BCUT2D eigenvalue weighted by atomic mass is 16.5. The van der Waals surface area contributed by atoms with Crippen LogP contribution in [0, 0.1) is 0 Å². The van der Waals surface area contributed by atoms with Crippen LogP contribution >= 0.6 is 0 Å². The van der Waals surface area contributed by atoms with Crippen LogP contribution in [-0.2, 0) is 10.4 Å². The van der Waals surface area contributed by atoms with E-state index in [9.17, 15) is 14.7 Å². The second-order valence-corrected chi connectivity index (χ2v) is 7.56. The van der Waals surface area contributed by atoms with Crippen molar-refractivity contribution in [3.05, 3.63) is 77.9 Å². The molecule has 1 amide bonds. The molecule has 1 fully saturated rings. The molecule has 1 aliphatic heterocycles. The number of nitrogens with zero attached hydrogens (tertiary/aromatic N) is 1. The zero-order valence-electron chi connectivity index (χ0n) is 16.5. The van der Waals surface area contributed by atoms with Gasteiger partial charge in [0.1, 0.15) is 5.75 Å². The SMILES string of the molecule is O=C(O)COc1ccc(C2(O)CCN(C(=O)c3cccc4ccccc34)CC2)cc1. The van der Waals surface area contributed by atoms with Gasteiger partial charge in [0, 0.05) is 18.7 Å². The summed E-state index contributed by atoms with van der Waals surface area (Å²) in [6, 6.07) is 20.4. The normalized spacial score (nSPS) is 15.7. The number of aliphatic hydroxyl groups is 1. The third-order valence-electron chi connectivity index (χ3n) is 5.65. The summed E-state index contributed by atoms with van der Waals surface area (Å²) in [4.78, 5) is 25.5. The number of carboxylic acids is 1. The first-order valence-corrected chi connectivity index (χ1v) is 9.91. The molecule has 0 atom stereocenters. The number of carbonyl (C=O) groups is 2. The van der Waals surface area contributed by atoms with Crippen molar-refractivity contribution in [2.75, 3.05) is 19.7 Å². The van der Waals surface area contributed by atoms with Crippen LogP contribution in [0.5, 0.6) is 5.75 Å². The first-order chi connectivity index (χ1) is 14.5. The fourth-order valence-electron chi connectivity index (χ4n) is 3.96. The fraction of sp³-hybridized carbons (Fsp3) is 0.250. The summed E-state index contributed by atoms with van der Waals surface area (Å²) in [7, 11) is 0. The predicted octanol–water partition coefficient (Wildman–Crippen LogP) is 3.43. The van der Waals surface area contributed by atoms with E-state index in [0.717, 1.165) is 16.3 Å². The maximum Gasteiger partial charge on any atom is 0.341 e. The Kier molecular flexibility index (Phi) is 5.42. The summed E-state index contributed by atoms with van der Waals surface area (Å²) < 4.78 is 5.14. The summed E-state index contributed by atoms with van der Waals surface area (Å²) in [5, 5.41) is 21.8. The van der Waals surface area contributed by atoms with Crippen LogP contribution in [-0.4, -0.2) is 46.7 Å². The lowest BCUT2D eigenvalue weighted by molar-refractivity contribution is -0.139. The first kappa shape index (κ1) is 19.9. The van der Waals surface area contributed by atoms with Crippen molar-refractivity contribution in [3.63, 3.8) is 0 Å². The molecule has 0 aliphatic carbocycles. The smallest absolute Gasteiger partial charge is 0.341 e. The molecule has 0 unspecified atom stereocenters. The fourth-order valence-corrected chi connectivity index (χ4v) is 3.96. The van der Waals surface area contributed by atoms with Crippen molar-refractivity contribution in [1.82, 2.24) is 4.90 Å². The molecular formula is C24H23NO5. The molecule has 6 nitrogen and oxygen atoms in total. The van der Waals surface area contributed by atoms with Gasteiger partial charge in [-0.15, -0.1) is 0 Å². The van der Waals surface area contributed by atoms with Gasteiger partial charge in [-0.2, -0.15) is 0 Å². The Labute approximate surface area is 174 Å². The summed E-state index contributed by atoms with van der Waals surface area (Å²) >= 11 is 0. The molecule has 1 heterocycles. The molecule has 154 valence electrons. The molecule has 0 spiro atoms. The molecule has 0 aromatic heterocycles. The molecule has 0 saturated carbocycles. The van der Waals surface area contributed by atoms with Gasteiger partial charge in [0.2, 0.25) is 0 Å². The van der Waals surface area contributed by atoms with Gasteiger partial charge in [0.05, 0.1) is 5.60 Å². The van der Waals surface area contributed by atoms with Crippen molar-refractivity contribution >= 4 is 22.6 Å². The highest BCUT2D eigenvalue weighted by Crippen LogP contribution is 2.34. The molecule has 6 heteroatoms. The highest BCUT2D eigenvalue weighted by molar-refractivity contribution is 6.07. The Morgan fingerprint density at radius 2 is 1.60 bits per heavy atom. The third-order valence-corrected chi connectivity index (χ3v) is 5.65. The van der Waals surface area contributed by atoms with E-state index in [1.807, 2.05) is 42.5 Å². The maximum atomic E-state index is 13.1. The second kappa shape index (κ2) is 8.16. The number of aliphatic carboxylic acids is 1. The van der Waals surface area contributed by atoms with Gasteiger partial charge in [-0.05, 0) is 47.4 Å². The van der Waals surface area contributed by atoms with Crippen LogP contribution in [0.4, 0.5) is 0 Å². The number of likely N-dealkylation sites (tertiary alicyclic amines) is 1. The van der Waals surface area contributed by atoms with E-state index >= 15 is 0 Å². The van der Waals surface area contributed by atoms with Crippen molar-refractivity contribution in [1.29, 1.82) is 0 Å². The van der Waals surface area contributed by atoms with E-state index in [1.165, 1.54) is 0 Å². The van der Waals surface area contributed by atoms with Crippen molar-refractivity contribution in [3.8, 4) is 5.75 Å². The van der Waals surface area contributed by atoms with E-state index in [0.29, 0.717) is 37.2 Å². The molecule has 1 saturated heterocycles. The number of hydrogen-bond acceptors (Lipinski definition) is 4. The standard InChI is InChI=1S/C24H23NO5/c26-22(27)16-30-19-10-8-18(9-11-19)24(29)12-14-25(15-13-24)23(28)21-7-3-5-17-4-1-2-6-20(17)21/h1-11,29H,12-16H2,(H,26,27). The van der Waals surface area contributed by atoms with Crippen molar-refractivity contribution < 1.29 is 24.5 Å². The maximum absolute atomic E-state index is 13.1. The van der Waals surface area contributed by atoms with E-state index in [4.69, 9.17) is 9.84 Å². The Hall–Kier alpha value is -3.38. The minimum absolute atomic E-state index is 0.0220. The zero-order chi connectivity index (χ0) is 21.1. The number of benzene rings is 3. The minimum Gasteiger partial charge on any atom is -0.482 e. The second-order valence-electron chi connectivity index (χ2n) is 7.56. The molecule has 3 aromatic carbocycles. The average molecular weight is 405 g/mol. The molecule has 3 aromatic rings. The van der Waals surface area contributed by atoms with Crippen LogP contribution in [0.2, 0.25) is 0 Å². The monoisotopic (exact) mass is 405 g/mol. The quantitative estimate of drug-likeness (QED) is 0.679. The summed E-state index contributed by atoms with van der Waals surface area (Å²) in [6.07, 6.45) is 0.859. The first-order valence-electron chi connectivity index (χ1n) is 9.91. The Morgan fingerprint density at radius 3 is 2.30 bits per heavy atom. The zero-order valence-corrected chi connectivity index (χ0v) is 16.5. The number of fused-ring (bicyclic) bond motifs is 1. The Balaban J connectivity index is 1.45. The van der Waals surface area contributed by atoms with Gasteiger partial charge in [0.15, 0.2) is 6.61 Å². The molecule has 4 rings (SSSR count). The van der Waals surface area contributed by atoms with E-state index in [2.05, 4.69) is 0 Å². The van der Waals surface area contributed by atoms with Crippen LogP contribution < -0.4 is 4.74 Å². The molecule has 0 bridgehead atoms. The summed E-state index contributed by atoms with van der Waals surface area (Å²) in [6.45, 7) is 0.500. The largest absolute Gasteiger partial charge is 0.482 e. The van der Waals surface area contributed by atoms with Crippen molar-refractivity contribution in [2.24, 2.45) is 0 Å². The topological polar surface area (TPSA) is 87.1 Å². The van der Waals surface area contributed by atoms with Crippen LogP contribution in [0.1, 0.15) is 28.8 Å². The summed E-state index contributed by atoms with van der Waals surface area (Å²) in [5.41, 5.74) is 0.391. The molecule has 2 N–H and O–H groups in total. The van der Waals surface area contributed by atoms with Gasteiger partial charge in [-0.3, -0.25) is 4.79 Å². The Bertz CT molecular complexity index is 1060. The lowest BCUT2D eigenvalue weighted by atomic mass is 9.84. The van der Waals surface area contributed by atoms with Crippen LogP contribution in [0.3, 0.4) is 0 Å². The van der Waals surface area contributed by atoms with Crippen molar-refractivity contribution in [2.45, 2.75) is 18.4 Å². The van der Waals surface area contributed by atoms with Gasteiger partial charge in [0.25, 0.3) is 5.91 Å². The number of carboxylic acid groups (broad SMARTS) is 1. The molecule has 1 aliphatic rings. The lowest BCUT2D eigenvalue weighted by Crippen LogP contribution is -2.45. The highest BCUT2D eigenvalue weighted by Gasteiger charge is 2.35. The predicted molar refractivity (Wildman–Crippen MR) is 113 cm³/mol. The van der Waals surface area contributed by atoms with Gasteiger partial charge < -0.3 is 19.8 Å².